The van der Waals surface area contributed by atoms with Crippen LogP contribution in [0.15, 0.2) is 23.3 Å². The monoisotopic (exact) mass is 249 g/mol. The first-order valence-electron chi connectivity index (χ1n) is 5.75. The van der Waals surface area contributed by atoms with Gasteiger partial charge in [0.25, 0.3) is 5.69 Å². The molecule has 1 heterocycles. The predicted molar refractivity (Wildman–Crippen MR) is 67.7 cm³/mol. The lowest BCUT2D eigenvalue weighted by molar-refractivity contribution is -0.384. The van der Waals surface area contributed by atoms with Gasteiger partial charge < -0.3 is 5.84 Å². The summed E-state index contributed by atoms with van der Waals surface area (Å²) in [5, 5.41) is 15.4. The summed E-state index contributed by atoms with van der Waals surface area (Å²) < 4.78 is 3.85. The standard InChI is InChI=1S/C11H15N5O2/c1-3-14-10-7-8(16(17)18)5-6-9(10)11(13-12)15(14)4-2/h5-7H,3-4,12H2,1-2H3. The Morgan fingerprint density at radius 3 is 2.50 bits per heavy atom. The maximum absolute atomic E-state index is 10.8. The molecular weight excluding hydrogens is 234 g/mol. The number of nitro groups is 1. The van der Waals surface area contributed by atoms with Crippen molar-refractivity contribution < 1.29 is 4.92 Å². The summed E-state index contributed by atoms with van der Waals surface area (Å²) >= 11 is 0. The van der Waals surface area contributed by atoms with Gasteiger partial charge in [-0.25, -0.2) is 0 Å². The van der Waals surface area contributed by atoms with Crippen LogP contribution in [-0.2, 0) is 13.1 Å². The molecule has 1 aromatic carbocycles. The van der Waals surface area contributed by atoms with Crippen molar-refractivity contribution in [3.63, 3.8) is 0 Å². The van der Waals surface area contributed by atoms with Crippen LogP contribution in [-0.4, -0.2) is 14.3 Å². The average Bonchev–Trinajstić information content (AvgIpc) is 2.69. The van der Waals surface area contributed by atoms with Gasteiger partial charge >= 0.3 is 0 Å². The molecule has 0 amide bonds. The highest BCUT2D eigenvalue weighted by atomic mass is 16.6. The van der Waals surface area contributed by atoms with Crippen LogP contribution in [0.4, 0.5) is 5.69 Å². The number of hydrogen-bond donors (Lipinski definition) is 1. The summed E-state index contributed by atoms with van der Waals surface area (Å²) in [5.74, 6) is 5.42. The number of fused-ring (bicyclic) bond motifs is 1. The average molecular weight is 249 g/mol. The minimum atomic E-state index is -0.401. The van der Waals surface area contributed by atoms with Crippen LogP contribution in [0.5, 0.6) is 0 Å². The van der Waals surface area contributed by atoms with Gasteiger partial charge in [-0.15, -0.1) is 0 Å². The molecule has 0 aliphatic carbocycles. The summed E-state index contributed by atoms with van der Waals surface area (Å²) in [7, 11) is 0. The quantitative estimate of drug-likeness (QED) is 0.502. The van der Waals surface area contributed by atoms with Crippen molar-refractivity contribution in [3.05, 3.63) is 33.8 Å². The lowest BCUT2D eigenvalue weighted by Crippen LogP contribution is -2.24. The van der Waals surface area contributed by atoms with E-state index in [1.165, 1.54) is 6.07 Å². The van der Waals surface area contributed by atoms with E-state index in [9.17, 15) is 10.1 Å². The molecule has 18 heavy (non-hydrogen) atoms. The number of aryl methyl sites for hydroxylation is 1. The molecule has 0 aliphatic rings. The molecule has 0 spiro atoms. The third-order valence-corrected chi connectivity index (χ3v) is 2.97. The molecule has 0 bridgehead atoms. The second-order valence-corrected chi connectivity index (χ2v) is 3.84. The van der Waals surface area contributed by atoms with Crippen molar-refractivity contribution >= 4 is 16.6 Å². The van der Waals surface area contributed by atoms with Gasteiger partial charge in [-0.05, 0) is 19.9 Å². The van der Waals surface area contributed by atoms with Crippen molar-refractivity contribution in [1.82, 2.24) is 9.36 Å². The number of hydrogen-bond acceptors (Lipinski definition) is 4. The fourth-order valence-corrected chi connectivity index (χ4v) is 2.22. The van der Waals surface area contributed by atoms with Crippen molar-refractivity contribution in [2.45, 2.75) is 26.9 Å². The Hall–Kier alpha value is -2.31. The lowest BCUT2D eigenvalue weighted by Gasteiger charge is -2.08. The zero-order chi connectivity index (χ0) is 13.3. The highest BCUT2D eigenvalue weighted by Gasteiger charge is 2.14. The highest BCUT2D eigenvalue weighted by Crippen LogP contribution is 2.19. The van der Waals surface area contributed by atoms with E-state index in [0.29, 0.717) is 18.6 Å². The molecule has 7 heteroatoms. The second-order valence-electron chi connectivity index (χ2n) is 3.84. The van der Waals surface area contributed by atoms with Crippen molar-refractivity contribution in [1.29, 1.82) is 0 Å². The van der Waals surface area contributed by atoms with Crippen molar-refractivity contribution in [2.24, 2.45) is 10.9 Å². The van der Waals surface area contributed by atoms with Gasteiger partial charge in [-0.3, -0.25) is 19.5 Å². The Morgan fingerprint density at radius 2 is 2.00 bits per heavy atom. The van der Waals surface area contributed by atoms with Crippen LogP contribution in [0.2, 0.25) is 0 Å². The Bertz CT molecular complexity index is 668. The fraction of sp³-hybridized carbons (Fsp3) is 0.364. The zero-order valence-corrected chi connectivity index (χ0v) is 10.3. The van der Waals surface area contributed by atoms with Gasteiger partial charge in [0.2, 0.25) is 0 Å². The van der Waals surface area contributed by atoms with Crippen LogP contribution in [0.25, 0.3) is 10.9 Å². The van der Waals surface area contributed by atoms with E-state index in [-0.39, 0.29) is 5.69 Å². The smallest absolute Gasteiger partial charge is 0.271 e. The number of nitro benzene ring substituents is 1. The minimum absolute atomic E-state index is 0.0709. The number of rotatable bonds is 3. The predicted octanol–water partition coefficient (Wildman–Crippen LogP) is 1.17. The molecule has 7 nitrogen and oxygen atoms in total. The van der Waals surface area contributed by atoms with Crippen LogP contribution in [0.1, 0.15) is 13.8 Å². The first-order chi connectivity index (χ1) is 8.63. The van der Waals surface area contributed by atoms with Crippen LogP contribution < -0.4 is 11.3 Å². The molecule has 0 unspecified atom stereocenters. The molecule has 0 fully saturated rings. The van der Waals surface area contributed by atoms with E-state index in [1.54, 1.807) is 12.1 Å². The third-order valence-electron chi connectivity index (χ3n) is 2.97. The first kappa shape index (κ1) is 12.2. The van der Waals surface area contributed by atoms with Crippen molar-refractivity contribution in [2.75, 3.05) is 0 Å². The largest absolute Gasteiger partial charge is 0.321 e. The molecule has 0 saturated carbocycles. The van der Waals surface area contributed by atoms with Gasteiger partial charge in [0, 0.05) is 30.6 Å². The van der Waals surface area contributed by atoms with Gasteiger partial charge in [-0.2, -0.15) is 5.10 Å². The summed E-state index contributed by atoms with van der Waals surface area (Å²) in [4.78, 5) is 10.4. The normalized spacial score (nSPS) is 12.2. The lowest BCUT2D eigenvalue weighted by atomic mass is 10.2. The third kappa shape index (κ3) is 1.64. The van der Waals surface area contributed by atoms with Gasteiger partial charge in [0.1, 0.15) is 0 Å². The van der Waals surface area contributed by atoms with E-state index >= 15 is 0 Å². The fourth-order valence-electron chi connectivity index (χ4n) is 2.22. The maximum Gasteiger partial charge on any atom is 0.271 e. The van der Waals surface area contributed by atoms with Crippen LogP contribution in [0, 0.1) is 10.1 Å². The molecule has 2 rings (SSSR count). The number of nitrogens with zero attached hydrogens (tertiary/aromatic N) is 4. The zero-order valence-electron chi connectivity index (χ0n) is 10.3. The summed E-state index contributed by atoms with van der Waals surface area (Å²) in [5.41, 5.74) is 1.49. The highest BCUT2D eigenvalue weighted by molar-refractivity contribution is 5.81. The van der Waals surface area contributed by atoms with Crippen molar-refractivity contribution in [3.8, 4) is 0 Å². The maximum atomic E-state index is 10.8. The molecule has 0 radical (unpaired) electrons. The van der Waals surface area contributed by atoms with E-state index in [1.807, 2.05) is 23.2 Å². The van der Waals surface area contributed by atoms with E-state index in [2.05, 4.69) is 5.10 Å². The molecule has 0 atom stereocenters. The Kier molecular flexibility index (Phi) is 3.05. The summed E-state index contributed by atoms with van der Waals surface area (Å²) in [6.07, 6.45) is 0. The van der Waals surface area contributed by atoms with Gasteiger partial charge in [-0.1, -0.05) is 0 Å². The molecule has 2 N–H and O–H groups in total. The van der Waals surface area contributed by atoms with E-state index < -0.39 is 4.92 Å². The summed E-state index contributed by atoms with van der Waals surface area (Å²) in [6, 6.07) is 4.72. The van der Waals surface area contributed by atoms with Crippen LogP contribution >= 0.6 is 0 Å². The molecule has 2 aromatic rings. The molecular formula is C11H15N5O2. The Morgan fingerprint density at radius 1 is 1.33 bits per heavy atom. The Labute approximate surface area is 103 Å². The van der Waals surface area contributed by atoms with Gasteiger partial charge in [0.05, 0.1) is 10.4 Å². The SMILES string of the molecule is CCn1c(=NN)c2ccc([N+](=O)[O-])cc2n1CC. The Balaban J connectivity index is 2.90. The van der Waals surface area contributed by atoms with Crippen LogP contribution in [0.3, 0.4) is 0 Å². The topological polar surface area (TPSA) is 91.4 Å². The second kappa shape index (κ2) is 4.52. The molecule has 0 saturated heterocycles. The number of aromatic nitrogens is 2. The van der Waals surface area contributed by atoms with E-state index in [0.717, 1.165) is 10.9 Å². The molecule has 96 valence electrons. The van der Waals surface area contributed by atoms with Gasteiger partial charge in [0.15, 0.2) is 5.49 Å². The number of non-ortho nitro benzene ring substituents is 1. The molecule has 1 aromatic heterocycles. The number of benzene rings is 1. The van der Waals surface area contributed by atoms with E-state index in [4.69, 9.17) is 5.84 Å². The minimum Gasteiger partial charge on any atom is -0.321 e. The number of nitrogens with two attached hydrogens (primary N) is 1. The summed E-state index contributed by atoms with van der Waals surface area (Å²) in [6.45, 7) is 5.35. The first-order valence-corrected chi connectivity index (χ1v) is 5.75. The molecule has 0 aliphatic heterocycles.